The second-order valence-electron chi connectivity index (χ2n) is 6.99. The van der Waals surface area contributed by atoms with Gasteiger partial charge in [0, 0.05) is 32.3 Å². The second-order valence-corrected chi connectivity index (χ2v) is 8.93. The third-order valence-electron chi connectivity index (χ3n) is 5.26. The maximum absolute atomic E-state index is 13.3. The molecule has 140 valence electrons. The smallest absolute Gasteiger partial charge is 0.243 e. The summed E-state index contributed by atoms with van der Waals surface area (Å²) in [6, 6.07) is 15.3. The summed E-state index contributed by atoms with van der Waals surface area (Å²) in [5.74, 6) is -0.0201. The van der Waals surface area contributed by atoms with Gasteiger partial charge >= 0.3 is 0 Å². The second kappa shape index (κ2) is 6.94. The number of hydrogen-bond donors (Lipinski definition) is 0. The average Bonchev–Trinajstić information content (AvgIpc) is 3.13. The summed E-state index contributed by atoms with van der Waals surface area (Å²) >= 11 is 0. The molecule has 0 saturated heterocycles. The highest BCUT2D eigenvalue weighted by Gasteiger charge is 2.34. The highest BCUT2D eigenvalue weighted by atomic mass is 32.2. The number of aromatic nitrogens is 2. The van der Waals surface area contributed by atoms with E-state index in [0.29, 0.717) is 18.0 Å². The summed E-state index contributed by atoms with van der Waals surface area (Å²) in [7, 11) is -1.68. The largest absolute Gasteiger partial charge is 0.276 e. The van der Waals surface area contributed by atoms with Crippen LogP contribution in [0.25, 0.3) is 0 Å². The van der Waals surface area contributed by atoms with Gasteiger partial charge in [-0.2, -0.15) is 9.40 Å². The molecule has 0 radical (unpaired) electrons. The van der Waals surface area contributed by atoms with Gasteiger partial charge in [-0.25, -0.2) is 8.42 Å². The quantitative estimate of drug-likeness (QED) is 0.697. The molecule has 1 atom stereocenters. The van der Waals surface area contributed by atoms with E-state index in [2.05, 4.69) is 18.1 Å². The number of hydrogen-bond acceptors (Lipinski definition) is 3. The van der Waals surface area contributed by atoms with Crippen molar-refractivity contribution in [1.82, 2.24) is 14.1 Å². The fourth-order valence-electron chi connectivity index (χ4n) is 3.71. The maximum atomic E-state index is 13.3. The third kappa shape index (κ3) is 3.31. The summed E-state index contributed by atoms with van der Waals surface area (Å²) in [5, 5.41) is 4.28. The van der Waals surface area contributed by atoms with Crippen molar-refractivity contribution in [2.24, 2.45) is 7.05 Å². The van der Waals surface area contributed by atoms with Crippen LogP contribution in [0.3, 0.4) is 0 Å². The predicted molar refractivity (Wildman–Crippen MR) is 105 cm³/mol. The minimum atomic E-state index is -3.56. The van der Waals surface area contributed by atoms with Gasteiger partial charge in [-0.1, -0.05) is 43.3 Å². The molecular weight excluding hydrogens is 358 g/mol. The minimum absolute atomic E-state index is 0.0201. The molecule has 6 heteroatoms. The van der Waals surface area contributed by atoms with Gasteiger partial charge < -0.3 is 0 Å². The molecule has 2 aromatic carbocycles. The van der Waals surface area contributed by atoms with Crippen molar-refractivity contribution < 1.29 is 8.42 Å². The number of benzene rings is 2. The first-order chi connectivity index (χ1) is 13.0. The first-order valence-corrected chi connectivity index (χ1v) is 10.6. The average molecular weight is 382 g/mol. The summed E-state index contributed by atoms with van der Waals surface area (Å²) < 4.78 is 29.9. The maximum Gasteiger partial charge on any atom is 0.243 e. The Balaban J connectivity index is 1.73. The topological polar surface area (TPSA) is 55.2 Å². The van der Waals surface area contributed by atoms with Gasteiger partial charge in [0.2, 0.25) is 10.0 Å². The van der Waals surface area contributed by atoms with Crippen LogP contribution in [-0.4, -0.2) is 29.0 Å². The number of aryl methyl sites for hydroxylation is 2. The van der Waals surface area contributed by atoms with Crippen LogP contribution < -0.4 is 0 Å². The number of fused-ring (bicyclic) bond motifs is 1. The van der Waals surface area contributed by atoms with Gasteiger partial charge in [0.15, 0.2) is 0 Å². The van der Waals surface area contributed by atoms with Crippen molar-refractivity contribution in [2.75, 3.05) is 6.54 Å². The SMILES string of the molecule is CCc1ccc(S(=O)(=O)N2Cc3ccccc3C(c3cnn(C)c3)C2)cc1. The van der Waals surface area contributed by atoms with E-state index in [0.717, 1.165) is 23.1 Å². The fraction of sp³-hybridized carbons (Fsp3) is 0.286. The van der Waals surface area contributed by atoms with Crippen molar-refractivity contribution in [3.8, 4) is 0 Å². The van der Waals surface area contributed by atoms with Crippen LogP contribution in [0.2, 0.25) is 0 Å². The molecule has 0 fully saturated rings. The van der Waals surface area contributed by atoms with E-state index < -0.39 is 10.0 Å². The predicted octanol–water partition coefficient (Wildman–Crippen LogP) is 3.32. The Hall–Kier alpha value is -2.44. The lowest BCUT2D eigenvalue weighted by Crippen LogP contribution is -2.38. The van der Waals surface area contributed by atoms with Crippen molar-refractivity contribution in [1.29, 1.82) is 0 Å². The highest BCUT2D eigenvalue weighted by Crippen LogP contribution is 2.35. The molecule has 1 aromatic heterocycles. The Morgan fingerprint density at radius 3 is 2.52 bits per heavy atom. The van der Waals surface area contributed by atoms with Crippen LogP contribution in [-0.2, 0) is 30.0 Å². The first kappa shape index (κ1) is 17.9. The molecule has 27 heavy (non-hydrogen) atoms. The zero-order chi connectivity index (χ0) is 19.0. The molecule has 0 aliphatic carbocycles. The Morgan fingerprint density at radius 2 is 1.85 bits per heavy atom. The summed E-state index contributed by atoms with van der Waals surface area (Å²) in [5.41, 5.74) is 4.39. The number of rotatable bonds is 4. The van der Waals surface area contributed by atoms with Crippen molar-refractivity contribution in [2.45, 2.75) is 30.7 Å². The van der Waals surface area contributed by atoms with Crippen LogP contribution in [0.4, 0.5) is 0 Å². The lowest BCUT2D eigenvalue weighted by Gasteiger charge is -2.33. The lowest BCUT2D eigenvalue weighted by molar-refractivity contribution is 0.371. The fourth-order valence-corrected chi connectivity index (χ4v) is 5.14. The molecular formula is C21H23N3O2S. The van der Waals surface area contributed by atoms with E-state index >= 15 is 0 Å². The zero-order valence-electron chi connectivity index (χ0n) is 15.5. The van der Waals surface area contributed by atoms with Crippen LogP contribution in [0.15, 0.2) is 65.8 Å². The minimum Gasteiger partial charge on any atom is -0.276 e. The van der Waals surface area contributed by atoms with E-state index in [9.17, 15) is 8.42 Å². The molecule has 1 unspecified atom stereocenters. The molecule has 0 saturated carbocycles. The molecule has 5 nitrogen and oxygen atoms in total. The molecule has 1 aliphatic heterocycles. The van der Waals surface area contributed by atoms with Crippen LogP contribution >= 0.6 is 0 Å². The lowest BCUT2D eigenvalue weighted by atomic mass is 9.87. The highest BCUT2D eigenvalue weighted by molar-refractivity contribution is 7.89. The third-order valence-corrected chi connectivity index (χ3v) is 7.09. The van der Waals surface area contributed by atoms with Crippen LogP contribution in [0, 0.1) is 0 Å². The monoisotopic (exact) mass is 381 g/mol. The molecule has 2 heterocycles. The van der Waals surface area contributed by atoms with Gasteiger partial charge in [-0.15, -0.1) is 0 Å². The van der Waals surface area contributed by atoms with Gasteiger partial charge in [0.05, 0.1) is 11.1 Å². The molecule has 4 rings (SSSR count). The molecule has 0 bridgehead atoms. The molecule has 0 amide bonds. The zero-order valence-corrected chi connectivity index (χ0v) is 16.4. The van der Waals surface area contributed by atoms with Gasteiger partial charge in [-0.3, -0.25) is 4.68 Å². The molecule has 1 aliphatic rings. The first-order valence-electron chi connectivity index (χ1n) is 9.14. The van der Waals surface area contributed by atoms with Crippen LogP contribution in [0.1, 0.15) is 35.1 Å². The van der Waals surface area contributed by atoms with E-state index in [-0.39, 0.29) is 5.92 Å². The Bertz CT molecular complexity index is 1060. The van der Waals surface area contributed by atoms with Crippen molar-refractivity contribution in [3.63, 3.8) is 0 Å². The summed E-state index contributed by atoms with van der Waals surface area (Å²) in [4.78, 5) is 0.351. The summed E-state index contributed by atoms with van der Waals surface area (Å²) in [6.07, 6.45) is 4.68. The normalized spacial score (nSPS) is 17.6. The van der Waals surface area contributed by atoms with Gasteiger partial charge in [-0.05, 0) is 40.8 Å². The van der Waals surface area contributed by atoms with E-state index in [1.807, 2.05) is 49.8 Å². The number of sulfonamides is 1. The Labute approximate surface area is 160 Å². The van der Waals surface area contributed by atoms with Gasteiger partial charge in [0.1, 0.15) is 0 Å². The van der Waals surface area contributed by atoms with Crippen molar-refractivity contribution in [3.05, 3.63) is 83.2 Å². The number of nitrogens with zero attached hydrogens (tertiary/aromatic N) is 3. The Morgan fingerprint density at radius 1 is 1.11 bits per heavy atom. The van der Waals surface area contributed by atoms with E-state index in [1.165, 1.54) is 5.56 Å². The Kier molecular flexibility index (Phi) is 4.61. The molecule has 0 N–H and O–H groups in total. The summed E-state index contributed by atoms with van der Waals surface area (Å²) in [6.45, 7) is 2.87. The van der Waals surface area contributed by atoms with E-state index in [1.54, 1.807) is 21.1 Å². The van der Waals surface area contributed by atoms with Gasteiger partial charge in [0.25, 0.3) is 0 Å². The molecule has 3 aromatic rings. The van der Waals surface area contributed by atoms with Crippen molar-refractivity contribution >= 4 is 10.0 Å². The standard InChI is InChI=1S/C21H23N3O2S/c1-3-16-8-10-19(11-9-16)27(25,26)24-14-17-6-4-5-7-20(17)21(15-24)18-12-22-23(2)13-18/h4-13,21H,3,14-15H2,1-2H3. The van der Waals surface area contributed by atoms with Crippen LogP contribution in [0.5, 0.6) is 0 Å². The van der Waals surface area contributed by atoms with E-state index in [4.69, 9.17) is 0 Å². The molecule has 0 spiro atoms.